The molecule has 2 bridgehead atoms. The molecule has 3 saturated carbocycles. The Morgan fingerprint density at radius 1 is 0.976 bits per heavy atom. The molecule has 1 aliphatic heterocycles. The Balaban J connectivity index is 1.41. The van der Waals surface area contributed by atoms with Crippen molar-refractivity contribution in [2.24, 2.45) is 40.9 Å². The molecule has 4 aliphatic rings. The van der Waals surface area contributed by atoms with E-state index in [-0.39, 0.29) is 40.7 Å². The van der Waals surface area contributed by atoms with Crippen LogP contribution in [0.1, 0.15) is 83.5 Å². The number of nitrogens with one attached hydrogen (secondary N) is 1. The van der Waals surface area contributed by atoms with Crippen LogP contribution in [-0.4, -0.2) is 41.1 Å². The highest BCUT2D eigenvalue weighted by molar-refractivity contribution is 5.89. The van der Waals surface area contributed by atoms with E-state index >= 15 is 0 Å². The summed E-state index contributed by atoms with van der Waals surface area (Å²) < 4.78 is 5.76. The highest BCUT2D eigenvalue weighted by atomic mass is 16.5. The van der Waals surface area contributed by atoms with Crippen LogP contribution < -0.4 is 10.1 Å². The summed E-state index contributed by atoms with van der Waals surface area (Å²) in [6, 6.07) is 14.9. The van der Waals surface area contributed by atoms with Gasteiger partial charge in [-0.25, -0.2) is 4.79 Å². The van der Waals surface area contributed by atoms with Crippen molar-refractivity contribution in [3.63, 3.8) is 0 Å². The zero-order valence-corrected chi connectivity index (χ0v) is 26.3. The van der Waals surface area contributed by atoms with Crippen molar-refractivity contribution in [2.45, 2.75) is 90.9 Å². The summed E-state index contributed by atoms with van der Waals surface area (Å²) in [6.45, 7) is 13.5. The van der Waals surface area contributed by atoms with Gasteiger partial charge in [-0.1, -0.05) is 84.0 Å². The summed E-state index contributed by atoms with van der Waals surface area (Å²) in [6.07, 6.45) is 3.71. The molecule has 1 saturated heterocycles. The second-order valence-electron chi connectivity index (χ2n) is 15.5. The molecular weight excluding hydrogens is 524 g/mol. The average Bonchev–Trinajstić information content (AvgIpc) is 3.20. The zero-order chi connectivity index (χ0) is 30.1. The molecule has 42 heavy (non-hydrogen) atoms. The van der Waals surface area contributed by atoms with Crippen LogP contribution in [0.4, 0.5) is 0 Å². The van der Waals surface area contributed by atoms with Gasteiger partial charge in [-0.15, -0.1) is 0 Å². The molecule has 2 aromatic carbocycles. The Morgan fingerprint density at radius 2 is 1.62 bits per heavy atom. The minimum absolute atomic E-state index is 0.0196. The fourth-order valence-electron chi connectivity index (χ4n) is 9.17. The number of fused-ring (bicyclic) bond motifs is 5. The molecule has 2 N–H and O–H groups in total. The molecule has 3 aliphatic carbocycles. The molecule has 0 spiro atoms. The van der Waals surface area contributed by atoms with E-state index in [0.29, 0.717) is 30.2 Å². The zero-order valence-electron chi connectivity index (χ0n) is 26.3. The second kappa shape index (κ2) is 10.4. The predicted octanol–water partition coefficient (Wildman–Crippen LogP) is 6.44. The maximum absolute atomic E-state index is 14.6. The van der Waals surface area contributed by atoms with E-state index in [1.807, 2.05) is 29.2 Å². The van der Waals surface area contributed by atoms with Crippen molar-refractivity contribution < 1.29 is 19.4 Å². The van der Waals surface area contributed by atoms with Crippen LogP contribution in [-0.2, 0) is 21.5 Å². The normalized spacial score (nSPS) is 33.5. The molecule has 3 unspecified atom stereocenters. The Morgan fingerprint density at radius 3 is 2.17 bits per heavy atom. The van der Waals surface area contributed by atoms with Gasteiger partial charge < -0.3 is 20.1 Å². The maximum Gasteiger partial charge on any atom is 0.326 e. The highest BCUT2D eigenvalue weighted by Gasteiger charge is 2.70. The molecule has 2 aromatic rings. The first-order valence-electron chi connectivity index (χ1n) is 15.8. The van der Waals surface area contributed by atoms with Crippen molar-refractivity contribution in [2.75, 3.05) is 7.11 Å². The van der Waals surface area contributed by atoms with Crippen LogP contribution in [0, 0.1) is 40.9 Å². The molecule has 6 nitrogen and oxygen atoms in total. The standard InChI is InChI=1S/C36H48N2O4/c1-35(2,3)24-15-16-25(42-7)23(18-24)19-37-30-29(36(4,5)6)32(34(40)41)38(31(30)20-11-9-8-10-12-20)33(39)28-26-21-13-14-22(17-21)27(26)28/h8-12,15-16,18,21-22,26-32,37H,13-14,17,19H2,1-7H3,(H,40,41)/t21-,22+,26?,27?,28?,29-,30-,31-,32-/m0/s1. The lowest BCUT2D eigenvalue weighted by Crippen LogP contribution is -2.48. The maximum atomic E-state index is 14.6. The number of rotatable bonds is 7. The number of carboxylic acid groups (broad SMARTS) is 1. The quantitative estimate of drug-likeness (QED) is 0.399. The van der Waals surface area contributed by atoms with E-state index in [2.05, 4.69) is 71.1 Å². The Bertz CT molecular complexity index is 1330. The van der Waals surface area contributed by atoms with Gasteiger partial charge in [-0.3, -0.25) is 4.79 Å². The molecule has 1 amide bonds. The summed E-state index contributed by atoms with van der Waals surface area (Å²) in [7, 11) is 1.69. The van der Waals surface area contributed by atoms with E-state index < -0.39 is 12.0 Å². The van der Waals surface area contributed by atoms with Crippen LogP contribution in [0.5, 0.6) is 5.75 Å². The lowest BCUT2D eigenvalue weighted by atomic mass is 9.72. The summed E-state index contributed by atoms with van der Waals surface area (Å²) in [5.74, 6) is 1.83. The number of hydrogen-bond acceptors (Lipinski definition) is 4. The number of likely N-dealkylation sites (tertiary alicyclic amines) is 1. The lowest BCUT2D eigenvalue weighted by Gasteiger charge is -2.35. The van der Waals surface area contributed by atoms with Crippen molar-refractivity contribution >= 4 is 11.9 Å². The predicted molar refractivity (Wildman–Crippen MR) is 164 cm³/mol. The van der Waals surface area contributed by atoms with Crippen LogP contribution >= 0.6 is 0 Å². The van der Waals surface area contributed by atoms with Crippen molar-refractivity contribution in [3.05, 3.63) is 65.2 Å². The molecule has 4 fully saturated rings. The van der Waals surface area contributed by atoms with E-state index in [1.165, 1.54) is 24.8 Å². The molecule has 6 heteroatoms. The third kappa shape index (κ3) is 4.84. The van der Waals surface area contributed by atoms with Gasteiger partial charge in [-0.05, 0) is 71.0 Å². The van der Waals surface area contributed by atoms with Crippen LogP contribution in [0.25, 0.3) is 0 Å². The van der Waals surface area contributed by atoms with Gasteiger partial charge in [-0.2, -0.15) is 0 Å². The Kier molecular flexibility index (Phi) is 7.23. The third-order valence-electron chi connectivity index (χ3n) is 11.0. The van der Waals surface area contributed by atoms with E-state index in [4.69, 9.17) is 4.74 Å². The van der Waals surface area contributed by atoms with Crippen molar-refractivity contribution in [3.8, 4) is 5.75 Å². The molecule has 1 heterocycles. The topological polar surface area (TPSA) is 78.9 Å². The monoisotopic (exact) mass is 572 g/mol. The number of aliphatic carboxylic acids is 1. The summed E-state index contributed by atoms with van der Waals surface area (Å²) in [5, 5.41) is 14.7. The number of amides is 1. The van der Waals surface area contributed by atoms with Gasteiger partial charge in [0.15, 0.2) is 0 Å². The molecule has 226 valence electrons. The molecular formula is C36H48N2O4. The average molecular weight is 573 g/mol. The largest absolute Gasteiger partial charge is 0.496 e. The van der Waals surface area contributed by atoms with Gasteiger partial charge in [0.25, 0.3) is 0 Å². The first-order chi connectivity index (χ1) is 19.8. The summed E-state index contributed by atoms with van der Waals surface area (Å²) in [5.41, 5.74) is 2.86. The fraction of sp³-hybridized carbons (Fsp3) is 0.611. The van der Waals surface area contributed by atoms with Crippen molar-refractivity contribution in [1.29, 1.82) is 0 Å². The molecule has 6 rings (SSSR count). The van der Waals surface area contributed by atoms with Gasteiger partial charge in [0, 0.05) is 30.0 Å². The third-order valence-corrected chi connectivity index (χ3v) is 11.0. The van der Waals surface area contributed by atoms with E-state index in [1.54, 1.807) is 7.11 Å². The van der Waals surface area contributed by atoms with Gasteiger partial charge in [0.05, 0.1) is 13.2 Å². The van der Waals surface area contributed by atoms with E-state index in [0.717, 1.165) is 16.9 Å². The number of hydrogen-bond donors (Lipinski definition) is 2. The number of carbonyl (C=O) groups is 2. The van der Waals surface area contributed by atoms with Gasteiger partial charge >= 0.3 is 5.97 Å². The minimum Gasteiger partial charge on any atom is -0.496 e. The number of methoxy groups -OCH3 is 1. The fourth-order valence-corrected chi connectivity index (χ4v) is 9.17. The van der Waals surface area contributed by atoms with Crippen molar-refractivity contribution in [1.82, 2.24) is 10.2 Å². The first kappa shape index (κ1) is 29.2. The number of carboxylic acids is 1. The summed E-state index contributed by atoms with van der Waals surface area (Å²) >= 11 is 0. The number of carbonyl (C=O) groups excluding carboxylic acids is 1. The molecule has 9 atom stereocenters. The first-order valence-corrected chi connectivity index (χ1v) is 15.8. The smallest absolute Gasteiger partial charge is 0.326 e. The van der Waals surface area contributed by atoms with E-state index in [9.17, 15) is 14.7 Å². The number of ether oxygens (including phenoxy) is 1. The Hall–Kier alpha value is -2.86. The number of benzene rings is 2. The highest BCUT2D eigenvalue weighted by Crippen LogP contribution is 2.70. The molecule has 0 radical (unpaired) electrons. The lowest BCUT2D eigenvalue weighted by molar-refractivity contribution is -0.153. The summed E-state index contributed by atoms with van der Waals surface area (Å²) in [4.78, 5) is 29.6. The second-order valence-corrected chi connectivity index (χ2v) is 15.5. The Labute approximate surface area is 251 Å². The SMILES string of the molecule is COc1ccc(C(C)(C)C)cc1CN[C@H]1[C@H](C(C)(C)C)[C@@H](C(=O)O)N(C(=O)C2C3C2[C@H]2CC[C@@H]3C2)[C@H]1c1ccccc1. The van der Waals surface area contributed by atoms with Crippen LogP contribution in [0.3, 0.4) is 0 Å². The van der Waals surface area contributed by atoms with Gasteiger partial charge in [0.1, 0.15) is 11.8 Å². The van der Waals surface area contributed by atoms with Gasteiger partial charge in [0.2, 0.25) is 5.91 Å². The van der Waals surface area contributed by atoms with Crippen LogP contribution in [0.15, 0.2) is 48.5 Å². The number of nitrogens with zero attached hydrogens (tertiary/aromatic N) is 1. The molecule has 0 aromatic heterocycles. The van der Waals surface area contributed by atoms with Crippen LogP contribution in [0.2, 0.25) is 0 Å². The minimum atomic E-state index is -0.908.